The van der Waals surface area contributed by atoms with Crippen LogP contribution in [0.1, 0.15) is 28.1 Å². The Bertz CT molecular complexity index is 1160. The second-order valence-electron chi connectivity index (χ2n) is 7.67. The lowest BCUT2D eigenvalue weighted by molar-refractivity contribution is 0.677. The van der Waals surface area contributed by atoms with E-state index < -0.39 is 0 Å². The number of hydrogen-bond donors (Lipinski definition) is 2. The third-order valence-corrected chi connectivity index (χ3v) is 5.41. The van der Waals surface area contributed by atoms with Crippen LogP contribution in [0.15, 0.2) is 84.4 Å². The zero-order chi connectivity index (χ0) is 22.2. The van der Waals surface area contributed by atoms with E-state index in [9.17, 15) is 0 Å². The molecule has 0 aliphatic carbocycles. The van der Waals surface area contributed by atoms with Gasteiger partial charge in [-0.15, -0.1) is 0 Å². The molecule has 2 N–H and O–H groups in total. The van der Waals surface area contributed by atoms with Crippen molar-refractivity contribution in [2.24, 2.45) is 4.99 Å². The summed E-state index contributed by atoms with van der Waals surface area (Å²) in [5.74, 6) is 1.79. The predicted molar refractivity (Wildman–Crippen MR) is 127 cm³/mol. The average molecular weight is 428 g/mol. The first kappa shape index (κ1) is 21.4. The van der Waals surface area contributed by atoms with Crippen LogP contribution in [0.3, 0.4) is 0 Å². The summed E-state index contributed by atoms with van der Waals surface area (Å²) in [4.78, 5) is 8.68. The summed E-state index contributed by atoms with van der Waals surface area (Å²) < 4.78 is 4.08. The number of aromatic nitrogens is 4. The first-order chi connectivity index (χ1) is 15.7. The van der Waals surface area contributed by atoms with Gasteiger partial charge in [-0.25, -0.2) is 4.98 Å². The Labute approximate surface area is 188 Å². The largest absolute Gasteiger partial charge is 0.352 e. The topological polar surface area (TPSA) is 72.1 Å². The first-order valence-corrected chi connectivity index (χ1v) is 10.8. The van der Waals surface area contributed by atoms with Gasteiger partial charge in [0, 0.05) is 51.5 Å². The fourth-order valence-corrected chi connectivity index (χ4v) is 3.64. The maximum absolute atomic E-state index is 4.38. The minimum Gasteiger partial charge on any atom is -0.352 e. The lowest BCUT2D eigenvalue weighted by Crippen LogP contribution is -2.36. The fraction of sp³-hybridized carbons (Fsp3) is 0.240. The van der Waals surface area contributed by atoms with Crippen LogP contribution in [0.25, 0.3) is 0 Å². The molecule has 0 bridgehead atoms. The summed E-state index contributed by atoms with van der Waals surface area (Å²) in [6, 6.07) is 18.9. The highest BCUT2D eigenvalue weighted by Gasteiger charge is 2.06. The molecule has 0 fully saturated rings. The molecule has 7 nitrogen and oxygen atoms in total. The van der Waals surface area contributed by atoms with Gasteiger partial charge in [0.2, 0.25) is 0 Å². The van der Waals surface area contributed by atoms with Crippen molar-refractivity contribution >= 4 is 5.96 Å². The molecule has 4 rings (SSSR count). The number of guanidine groups is 1. The zero-order valence-corrected chi connectivity index (χ0v) is 18.6. The highest BCUT2D eigenvalue weighted by atomic mass is 15.3. The Balaban J connectivity index is 1.33. The maximum atomic E-state index is 4.38. The van der Waals surface area contributed by atoms with E-state index in [1.54, 1.807) is 13.2 Å². The Morgan fingerprint density at radius 3 is 2.44 bits per heavy atom. The smallest absolute Gasteiger partial charge is 0.191 e. The van der Waals surface area contributed by atoms with Gasteiger partial charge < -0.3 is 15.2 Å². The van der Waals surface area contributed by atoms with Gasteiger partial charge in [0.1, 0.15) is 5.82 Å². The Morgan fingerprint density at radius 2 is 1.69 bits per heavy atom. The maximum Gasteiger partial charge on any atom is 0.191 e. The van der Waals surface area contributed by atoms with Crippen molar-refractivity contribution in [2.75, 3.05) is 7.05 Å². The zero-order valence-electron chi connectivity index (χ0n) is 18.6. The van der Waals surface area contributed by atoms with Crippen molar-refractivity contribution in [3.05, 3.63) is 107 Å². The standard InChI is InChI=1S/C25H29N7/c1-20-27-12-14-31(20)18-22-8-5-7-21(15-22)16-28-25(26-2)29-17-23-9-3-4-10-24(23)19-32-13-6-11-30-32/h3-15H,16-19H2,1-2H3,(H2,26,28,29). The van der Waals surface area contributed by atoms with Crippen LogP contribution in [-0.4, -0.2) is 32.3 Å². The normalized spacial score (nSPS) is 11.5. The van der Waals surface area contributed by atoms with Crippen LogP contribution in [0, 0.1) is 6.92 Å². The summed E-state index contributed by atoms with van der Waals surface area (Å²) in [5, 5.41) is 11.2. The van der Waals surface area contributed by atoms with Crippen LogP contribution in [-0.2, 0) is 26.2 Å². The van der Waals surface area contributed by atoms with E-state index >= 15 is 0 Å². The van der Waals surface area contributed by atoms with Gasteiger partial charge in [0.05, 0.1) is 6.54 Å². The third-order valence-electron chi connectivity index (χ3n) is 5.41. The third kappa shape index (κ3) is 5.63. The van der Waals surface area contributed by atoms with Crippen molar-refractivity contribution in [2.45, 2.75) is 33.1 Å². The summed E-state index contributed by atoms with van der Waals surface area (Å²) in [6.45, 7) is 4.98. The SMILES string of the molecule is CN=C(NCc1cccc(Cn2ccnc2C)c1)NCc1ccccc1Cn1cccn1. The second kappa shape index (κ2) is 10.4. The van der Waals surface area contributed by atoms with Crippen LogP contribution in [0.5, 0.6) is 0 Å². The average Bonchev–Trinajstić information content (AvgIpc) is 3.47. The summed E-state index contributed by atoms with van der Waals surface area (Å²) in [6.07, 6.45) is 7.63. The van der Waals surface area contributed by atoms with E-state index in [1.165, 1.54) is 22.3 Å². The molecule has 0 spiro atoms. The molecule has 0 saturated heterocycles. The van der Waals surface area contributed by atoms with Crippen molar-refractivity contribution in [3.8, 4) is 0 Å². The summed E-state index contributed by atoms with van der Waals surface area (Å²) in [5.41, 5.74) is 4.92. The molecule has 2 heterocycles. The summed E-state index contributed by atoms with van der Waals surface area (Å²) in [7, 11) is 1.79. The van der Waals surface area contributed by atoms with Gasteiger partial charge >= 0.3 is 0 Å². The monoisotopic (exact) mass is 427 g/mol. The fourth-order valence-electron chi connectivity index (χ4n) is 3.64. The van der Waals surface area contributed by atoms with Gasteiger partial charge in [0.15, 0.2) is 5.96 Å². The van der Waals surface area contributed by atoms with Crippen LogP contribution in [0.4, 0.5) is 0 Å². The van der Waals surface area contributed by atoms with Crippen molar-refractivity contribution < 1.29 is 0 Å². The molecule has 4 aromatic rings. The predicted octanol–water partition coefficient (Wildman–Crippen LogP) is 3.35. The minimum absolute atomic E-state index is 0.692. The van der Waals surface area contributed by atoms with Crippen LogP contribution >= 0.6 is 0 Å². The molecular formula is C25H29N7. The number of rotatable bonds is 8. The molecule has 2 aromatic heterocycles. The van der Waals surface area contributed by atoms with Gasteiger partial charge in [-0.3, -0.25) is 9.67 Å². The number of benzene rings is 2. The molecule has 0 radical (unpaired) electrons. The molecule has 0 saturated carbocycles. The van der Waals surface area contributed by atoms with E-state index in [1.807, 2.05) is 36.3 Å². The minimum atomic E-state index is 0.692. The number of hydrogen-bond acceptors (Lipinski definition) is 3. The molecule has 0 atom stereocenters. The lowest BCUT2D eigenvalue weighted by atomic mass is 10.1. The van der Waals surface area contributed by atoms with Gasteiger partial charge in [-0.1, -0.05) is 48.5 Å². The molecule has 0 aliphatic rings. The number of aryl methyl sites for hydroxylation is 1. The highest BCUT2D eigenvalue weighted by molar-refractivity contribution is 5.79. The number of nitrogens with one attached hydrogen (secondary N) is 2. The molecule has 2 aromatic carbocycles. The second-order valence-corrected chi connectivity index (χ2v) is 7.67. The Hall–Kier alpha value is -3.87. The number of aliphatic imine (C=N–C) groups is 1. The number of imidazole rings is 1. The van der Waals surface area contributed by atoms with Crippen molar-refractivity contribution in [1.29, 1.82) is 0 Å². The van der Waals surface area contributed by atoms with E-state index in [0.29, 0.717) is 13.1 Å². The molecular weight excluding hydrogens is 398 g/mol. The highest BCUT2D eigenvalue weighted by Crippen LogP contribution is 2.11. The lowest BCUT2D eigenvalue weighted by Gasteiger charge is -2.15. The van der Waals surface area contributed by atoms with E-state index in [-0.39, 0.29) is 0 Å². The molecule has 7 heteroatoms. The van der Waals surface area contributed by atoms with Gasteiger partial charge in [-0.05, 0) is 35.2 Å². The van der Waals surface area contributed by atoms with Gasteiger partial charge in [0.25, 0.3) is 0 Å². The van der Waals surface area contributed by atoms with Gasteiger partial charge in [-0.2, -0.15) is 5.10 Å². The van der Waals surface area contributed by atoms with Crippen molar-refractivity contribution in [3.63, 3.8) is 0 Å². The molecule has 164 valence electrons. The Kier molecular flexibility index (Phi) is 6.97. The quantitative estimate of drug-likeness (QED) is 0.334. The number of nitrogens with zero attached hydrogens (tertiary/aromatic N) is 5. The summed E-state index contributed by atoms with van der Waals surface area (Å²) >= 11 is 0. The van der Waals surface area contributed by atoms with E-state index in [4.69, 9.17) is 0 Å². The van der Waals surface area contributed by atoms with Crippen LogP contribution < -0.4 is 10.6 Å². The van der Waals surface area contributed by atoms with Crippen LogP contribution in [0.2, 0.25) is 0 Å². The van der Waals surface area contributed by atoms with E-state index in [2.05, 4.69) is 78.8 Å². The molecule has 0 amide bonds. The Morgan fingerprint density at radius 1 is 0.875 bits per heavy atom. The molecule has 32 heavy (non-hydrogen) atoms. The first-order valence-electron chi connectivity index (χ1n) is 10.8. The molecule has 0 unspecified atom stereocenters. The molecule has 0 aliphatic heterocycles. The van der Waals surface area contributed by atoms with E-state index in [0.717, 1.165) is 24.9 Å². The van der Waals surface area contributed by atoms with Crippen molar-refractivity contribution in [1.82, 2.24) is 30.0 Å².